The third-order valence-electron chi connectivity index (χ3n) is 2.12. The van der Waals surface area contributed by atoms with Crippen LogP contribution in [0.5, 0.6) is 0 Å². The van der Waals surface area contributed by atoms with Crippen LogP contribution in [-0.4, -0.2) is 0 Å². The van der Waals surface area contributed by atoms with Crippen molar-refractivity contribution in [3.63, 3.8) is 0 Å². The van der Waals surface area contributed by atoms with E-state index in [1.54, 1.807) is 0 Å². The van der Waals surface area contributed by atoms with Crippen LogP contribution in [-0.2, 0) is 0 Å². The van der Waals surface area contributed by atoms with Gasteiger partial charge in [0.2, 0.25) is 0 Å². The molecular formula is C9H13Cl2NO4. The molecule has 0 saturated heterocycles. The highest BCUT2D eigenvalue weighted by atomic mass is 35.7. The predicted molar refractivity (Wildman–Crippen MR) is 48.2 cm³/mol. The summed E-state index contributed by atoms with van der Waals surface area (Å²) in [6.45, 7) is 6.08. The molecule has 0 fully saturated rings. The quantitative estimate of drug-likeness (QED) is 0.555. The molecule has 0 aliphatic heterocycles. The Morgan fingerprint density at radius 1 is 1.06 bits per heavy atom. The maximum absolute atomic E-state index is 8.49. The summed E-state index contributed by atoms with van der Waals surface area (Å²) in [4.78, 5) is 0. The second kappa shape index (κ2) is 5.79. The Morgan fingerprint density at radius 3 is 1.81 bits per heavy atom. The van der Waals surface area contributed by atoms with Crippen LogP contribution in [0.1, 0.15) is 16.7 Å². The van der Waals surface area contributed by atoms with Gasteiger partial charge in [-0.3, -0.25) is 0 Å². The van der Waals surface area contributed by atoms with Crippen molar-refractivity contribution in [1.29, 1.82) is 0 Å². The lowest BCUT2D eigenvalue weighted by molar-refractivity contribution is -2.00. The van der Waals surface area contributed by atoms with E-state index >= 15 is 0 Å². The standard InChI is InChI=1S/C9H12ClN.ClHO4/c1-5-4-8(11)7(3)9(10)6(5)2;2-1(3,4)5/h4H,11H2,1-3H3;(H,2,3,4,5). The number of hydrogen-bond donors (Lipinski definition) is 1. The fourth-order valence-corrected chi connectivity index (χ4v) is 1.34. The molecule has 3 N–H and O–H groups in total. The normalized spacial score (nSPS) is 10.8. The molecule has 0 unspecified atom stereocenters. The zero-order valence-corrected chi connectivity index (χ0v) is 10.7. The van der Waals surface area contributed by atoms with Crippen molar-refractivity contribution < 1.29 is 34.6 Å². The van der Waals surface area contributed by atoms with E-state index in [1.165, 1.54) is 5.56 Å². The van der Waals surface area contributed by atoms with E-state index in [1.807, 2.05) is 13.8 Å². The van der Waals surface area contributed by atoms with Gasteiger partial charge in [0.25, 0.3) is 0 Å². The Balaban J connectivity index is 0.000000385. The Bertz CT molecular complexity index is 345. The minimum atomic E-state index is -4.94. The van der Waals surface area contributed by atoms with Gasteiger partial charge in [0.05, 0.1) is 5.02 Å². The van der Waals surface area contributed by atoms with Gasteiger partial charge in [0.1, 0.15) is 5.69 Å². The highest BCUT2D eigenvalue weighted by molar-refractivity contribution is 6.32. The van der Waals surface area contributed by atoms with Crippen LogP contribution < -0.4 is 24.4 Å². The van der Waals surface area contributed by atoms with Gasteiger partial charge < -0.3 is 5.73 Å². The van der Waals surface area contributed by atoms with Crippen molar-refractivity contribution in [2.45, 2.75) is 20.8 Å². The van der Waals surface area contributed by atoms with Gasteiger partial charge in [-0.1, -0.05) is 11.6 Å². The molecule has 1 aromatic rings. The molecule has 0 amide bonds. The van der Waals surface area contributed by atoms with Gasteiger partial charge in [-0.2, -0.15) is 0 Å². The maximum atomic E-state index is 8.49. The second-order valence-corrected chi connectivity index (χ2v) is 4.43. The molecule has 0 aliphatic carbocycles. The zero-order chi connectivity index (χ0) is 13.1. The second-order valence-electron chi connectivity index (χ2n) is 3.29. The van der Waals surface area contributed by atoms with E-state index in [-0.39, 0.29) is 0 Å². The number of rotatable bonds is 0. The number of benzene rings is 1. The number of aryl methyl sites for hydroxylation is 1. The highest BCUT2D eigenvalue weighted by Crippen LogP contribution is 2.26. The van der Waals surface area contributed by atoms with Gasteiger partial charge in [0.15, 0.2) is 0 Å². The minimum Gasteiger partial charge on any atom is -0.325 e. The van der Waals surface area contributed by atoms with Crippen LogP contribution in [0.4, 0.5) is 5.69 Å². The number of hydrogen-bond acceptors (Lipinski definition) is 4. The summed E-state index contributed by atoms with van der Waals surface area (Å²) in [7, 11) is -4.94. The fraction of sp³-hybridized carbons (Fsp3) is 0.333. The molecule has 7 heteroatoms. The van der Waals surface area contributed by atoms with E-state index in [0.717, 1.165) is 21.8 Å². The molecule has 0 spiro atoms. The maximum Gasteiger partial charge on any atom is 0.132 e. The third-order valence-corrected chi connectivity index (χ3v) is 2.69. The molecule has 0 radical (unpaired) electrons. The van der Waals surface area contributed by atoms with Crippen molar-refractivity contribution in [1.82, 2.24) is 0 Å². The van der Waals surface area contributed by atoms with Crippen molar-refractivity contribution in [2.24, 2.45) is 0 Å². The van der Waals surface area contributed by atoms with Gasteiger partial charge >= 0.3 is 0 Å². The first kappa shape index (κ1) is 15.6. The Morgan fingerprint density at radius 2 is 1.44 bits per heavy atom. The van der Waals surface area contributed by atoms with Crippen LogP contribution >= 0.6 is 11.6 Å². The molecule has 1 aromatic carbocycles. The minimum absolute atomic E-state index is 0.856. The largest absolute Gasteiger partial charge is 0.325 e. The summed E-state index contributed by atoms with van der Waals surface area (Å²) >= 11 is 6.05. The topological polar surface area (TPSA) is 120 Å². The van der Waals surface area contributed by atoms with Gasteiger partial charge in [0, 0.05) is 11.6 Å². The molecule has 5 nitrogen and oxygen atoms in total. The lowest BCUT2D eigenvalue weighted by Crippen LogP contribution is -2.68. The summed E-state index contributed by atoms with van der Waals surface area (Å²) in [5, 5.41) is 0.856. The van der Waals surface area contributed by atoms with Gasteiger partial charge in [-0.15, -0.1) is 10.2 Å². The Hall–Kier alpha value is -0.400. The first-order chi connectivity index (χ1) is 7.04. The molecule has 0 aliphatic rings. The van der Waals surface area contributed by atoms with E-state index in [2.05, 4.69) is 18.7 Å². The SMILES string of the molecule is Cc1cc([NH3+])c(C)c(Cl)c1C.[O-][Cl+3]([O-])([O-])[O-]. The first-order valence-corrected chi connectivity index (χ1v) is 5.85. The van der Waals surface area contributed by atoms with Crippen molar-refractivity contribution in [3.05, 3.63) is 27.8 Å². The Labute approximate surface area is 101 Å². The molecular weight excluding hydrogens is 257 g/mol. The van der Waals surface area contributed by atoms with Gasteiger partial charge in [-0.25, -0.2) is 18.6 Å². The van der Waals surface area contributed by atoms with Crippen LogP contribution in [0.3, 0.4) is 0 Å². The van der Waals surface area contributed by atoms with Crippen molar-refractivity contribution in [3.8, 4) is 0 Å². The smallest absolute Gasteiger partial charge is 0.132 e. The summed E-state index contributed by atoms with van der Waals surface area (Å²) in [5.74, 6) is 0. The molecule has 92 valence electrons. The molecule has 0 bridgehead atoms. The van der Waals surface area contributed by atoms with Gasteiger partial charge in [-0.05, 0) is 31.9 Å². The highest BCUT2D eigenvalue weighted by Gasteiger charge is 2.07. The Kier molecular flexibility index (Phi) is 5.64. The lowest BCUT2D eigenvalue weighted by atomic mass is 10.1. The summed E-state index contributed by atoms with van der Waals surface area (Å²) in [5.41, 5.74) is 8.39. The monoisotopic (exact) mass is 269 g/mol. The van der Waals surface area contributed by atoms with Crippen LogP contribution in [0.25, 0.3) is 0 Å². The molecule has 0 aromatic heterocycles. The van der Waals surface area contributed by atoms with E-state index in [0.29, 0.717) is 0 Å². The number of halogens is 2. The predicted octanol–water partition coefficient (Wildman–Crippen LogP) is -2.62. The molecule has 0 heterocycles. The summed E-state index contributed by atoms with van der Waals surface area (Å²) < 4.78 is 34.0. The third kappa shape index (κ3) is 5.62. The summed E-state index contributed by atoms with van der Waals surface area (Å²) in [6.07, 6.45) is 0. The average Bonchev–Trinajstić information content (AvgIpc) is 2.09. The van der Waals surface area contributed by atoms with Crippen molar-refractivity contribution in [2.75, 3.05) is 0 Å². The molecule has 0 atom stereocenters. The fourth-order valence-electron chi connectivity index (χ4n) is 1.07. The van der Waals surface area contributed by atoms with Crippen LogP contribution in [0, 0.1) is 31.0 Å². The summed E-state index contributed by atoms with van der Waals surface area (Å²) in [6, 6.07) is 2.07. The molecule has 0 saturated carbocycles. The number of quaternary nitrogens is 1. The molecule has 1 rings (SSSR count). The van der Waals surface area contributed by atoms with E-state index in [9.17, 15) is 0 Å². The average molecular weight is 270 g/mol. The van der Waals surface area contributed by atoms with Crippen molar-refractivity contribution >= 4 is 17.3 Å². The van der Waals surface area contributed by atoms with E-state index < -0.39 is 10.2 Å². The van der Waals surface area contributed by atoms with E-state index in [4.69, 9.17) is 30.2 Å². The first-order valence-electron chi connectivity index (χ1n) is 4.24. The molecule has 16 heavy (non-hydrogen) atoms. The lowest BCUT2D eigenvalue weighted by Gasteiger charge is -2.17. The van der Waals surface area contributed by atoms with Crippen LogP contribution in [0.15, 0.2) is 6.07 Å². The van der Waals surface area contributed by atoms with Crippen LogP contribution in [0.2, 0.25) is 5.02 Å². The zero-order valence-electron chi connectivity index (χ0n) is 9.17.